The summed E-state index contributed by atoms with van der Waals surface area (Å²) in [6.45, 7) is 0. The summed E-state index contributed by atoms with van der Waals surface area (Å²) >= 11 is 11.2. The molecule has 132 valence electrons. The van der Waals surface area contributed by atoms with Crippen molar-refractivity contribution in [3.8, 4) is 17.6 Å². The number of nitrogens with zero attached hydrogens (tertiary/aromatic N) is 1. The molecule has 0 unspecified atom stereocenters. The summed E-state index contributed by atoms with van der Waals surface area (Å²) in [5.41, 5.74) is -6.31. The number of nitriles is 1. The van der Waals surface area contributed by atoms with Gasteiger partial charge in [-0.25, -0.2) is 12.8 Å². The molecule has 0 heterocycles. The Labute approximate surface area is 149 Å². The van der Waals surface area contributed by atoms with Crippen molar-refractivity contribution < 1.29 is 30.7 Å². The van der Waals surface area contributed by atoms with Crippen molar-refractivity contribution in [1.29, 1.82) is 5.26 Å². The van der Waals surface area contributed by atoms with E-state index in [-0.39, 0.29) is 5.02 Å². The Balaban J connectivity index is 2.60. The van der Waals surface area contributed by atoms with Crippen LogP contribution in [0.25, 0.3) is 0 Å². The van der Waals surface area contributed by atoms with Gasteiger partial charge >= 0.3 is 5.51 Å². The highest BCUT2D eigenvalue weighted by atomic mass is 35.5. The van der Waals surface area contributed by atoms with Crippen LogP contribution in [0.4, 0.5) is 17.6 Å². The number of rotatable bonds is 3. The number of benzene rings is 2. The van der Waals surface area contributed by atoms with Crippen LogP contribution < -0.4 is 4.74 Å². The first kappa shape index (κ1) is 19.3. The van der Waals surface area contributed by atoms with Crippen LogP contribution in [0.3, 0.4) is 0 Å². The lowest BCUT2D eigenvalue weighted by Gasteiger charge is -2.14. The summed E-state index contributed by atoms with van der Waals surface area (Å²) in [6, 6.07) is 6.43. The third kappa shape index (κ3) is 3.51. The number of ether oxygens (including phenoxy) is 1. The Morgan fingerprint density at radius 2 is 1.72 bits per heavy atom. The molecule has 0 aliphatic rings. The van der Waals surface area contributed by atoms with Gasteiger partial charge < -0.3 is 4.74 Å². The van der Waals surface area contributed by atoms with E-state index in [9.17, 15) is 26.0 Å². The largest absolute Gasteiger partial charge is 0.501 e. The molecule has 0 aliphatic carbocycles. The predicted molar refractivity (Wildman–Crippen MR) is 80.9 cm³/mol. The number of hydrogen-bond donors (Lipinski definition) is 0. The first-order chi connectivity index (χ1) is 11.5. The molecule has 0 N–H and O–H groups in total. The molecule has 0 saturated heterocycles. The fourth-order valence-corrected chi connectivity index (χ4v) is 3.25. The van der Waals surface area contributed by atoms with Gasteiger partial charge in [0.2, 0.25) is 0 Å². The van der Waals surface area contributed by atoms with E-state index in [1.54, 1.807) is 0 Å². The minimum absolute atomic E-state index is 0.293. The van der Waals surface area contributed by atoms with E-state index in [1.807, 2.05) is 0 Å². The zero-order valence-corrected chi connectivity index (χ0v) is 14.1. The summed E-state index contributed by atoms with van der Waals surface area (Å²) in [5.74, 6) is -1.84. The van der Waals surface area contributed by atoms with Gasteiger partial charge in [-0.1, -0.05) is 29.3 Å². The lowest BCUT2D eigenvalue weighted by Crippen LogP contribution is -2.23. The molecule has 4 nitrogen and oxygen atoms in total. The van der Waals surface area contributed by atoms with E-state index in [0.717, 1.165) is 12.1 Å². The quantitative estimate of drug-likeness (QED) is 0.657. The average molecular weight is 414 g/mol. The minimum Gasteiger partial charge on any atom is -0.453 e. The van der Waals surface area contributed by atoms with Crippen molar-refractivity contribution in [2.45, 2.75) is 10.4 Å². The summed E-state index contributed by atoms with van der Waals surface area (Å²) in [5, 5.41) is 7.80. The molecule has 11 heteroatoms. The predicted octanol–water partition coefficient (Wildman–Crippen LogP) is 5.09. The Bertz CT molecular complexity index is 985. The van der Waals surface area contributed by atoms with Gasteiger partial charge in [-0.2, -0.15) is 18.4 Å². The second-order valence-electron chi connectivity index (χ2n) is 4.47. The first-order valence-electron chi connectivity index (χ1n) is 6.16. The van der Waals surface area contributed by atoms with E-state index < -0.39 is 48.1 Å². The minimum atomic E-state index is -5.78. The summed E-state index contributed by atoms with van der Waals surface area (Å²) in [6.07, 6.45) is 0. The highest BCUT2D eigenvalue weighted by molar-refractivity contribution is 7.92. The van der Waals surface area contributed by atoms with Crippen LogP contribution in [0.2, 0.25) is 10.0 Å². The van der Waals surface area contributed by atoms with Gasteiger partial charge in [-0.3, -0.25) is 0 Å². The second kappa shape index (κ2) is 6.71. The molecule has 0 radical (unpaired) electrons. The fraction of sp³-hybridized carbons (Fsp3) is 0.0714. The SMILES string of the molecule is N#Cc1c(Oc2cccc(Cl)c2F)ccc(S(=O)(=O)C(F)(F)F)c1Cl. The third-order valence-electron chi connectivity index (χ3n) is 2.91. The molecular formula is C14H5Cl2F4NO3S. The molecule has 2 rings (SSSR count). The lowest BCUT2D eigenvalue weighted by molar-refractivity contribution is -0.0436. The zero-order chi connectivity index (χ0) is 19.0. The number of halogens is 6. The summed E-state index contributed by atoms with van der Waals surface area (Å²) in [4.78, 5) is -1.31. The normalized spacial score (nSPS) is 11.9. The molecule has 0 bridgehead atoms. The first-order valence-corrected chi connectivity index (χ1v) is 8.40. The number of hydrogen-bond acceptors (Lipinski definition) is 4. The van der Waals surface area contributed by atoms with Crippen LogP contribution in [-0.2, 0) is 9.84 Å². The lowest BCUT2D eigenvalue weighted by atomic mass is 10.2. The topological polar surface area (TPSA) is 67.2 Å². The Morgan fingerprint density at radius 1 is 1.08 bits per heavy atom. The van der Waals surface area contributed by atoms with E-state index in [1.165, 1.54) is 18.2 Å². The molecule has 25 heavy (non-hydrogen) atoms. The molecular weight excluding hydrogens is 409 g/mol. The van der Waals surface area contributed by atoms with E-state index in [4.69, 9.17) is 33.2 Å². The van der Waals surface area contributed by atoms with Gasteiger partial charge in [0.1, 0.15) is 17.4 Å². The molecule has 2 aromatic carbocycles. The average Bonchev–Trinajstić information content (AvgIpc) is 2.50. The maximum absolute atomic E-state index is 13.8. The smallest absolute Gasteiger partial charge is 0.453 e. The Kier molecular flexibility index (Phi) is 5.18. The van der Waals surface area contributed by atoms with Gasteiger partial charge in [0.05, 0.1) is 14.9 Å². The van der Waals surface area contributed by atoms with E-state index in [0.29, 0.717) is 6.07 Å². The molecule has 0 aliphatic heterocycles. The van der Waals surface area contributed by atoms with Crippen molar-refractivity contribution in [1.82, 2.24) is 0 Å². The Morgan fingerprint density at radius 3 is 2.28 bits per heavy atom. The van der Waals surface area contributed by atoms with Gasteiger partial charge in [0.15, 0.2) is 11.6 Å². The van der Waals surface area contributed by atoms with Gasteiger partial charge in [0, 0.05) is 0 Å². The van der Waals surface area contributed by atoms with E-state index in [2.05, 4.69) is 0 Å². The highest BCUT2D eigenvalue weighted by Crippen LogP contribution is 2.40. The Hall–Kier alpha value is -2.02. The molecule has 0 saturated carbocycles. The van der Waals surface area contributed by atoms with Crippen molar-refractivity contribution in [3.05, 3.63) is 51.8 Å². The van der Waals surface area contributed by atoms with Crippen LogP contribution in [0.5, 0.6) is 11.5 Å². The van der Waals surface area contributed by atoms with Crippen LogP contribution in [0.1, 0.15) is 5.56 Å². The second-order valence-corrected chi connectivity index (χ2v) is 7.16. The van der Waals surface area contributed by atoms with Crippen LogP contribution in [-0.4, -0.2) is 13.9 Å². The molecule has 0 fully saturated rings. The van der Waals surface area contributed by atoms with Crippen molar-refractivity contribution in [2.24, 2.45) is 0 Å². The molecule has 0 spiro atoms. The summed E-state index contributed by atoms with van der Waals surface area (Å²) in [7, 11) is -5.78. The van der Waals surface area contributed by atoms with Gasteiger partial charge in [-0.15, -0.1) is 0 Å². The summed E-state index contributed by atoms with van der Waals surface area (Å²) < 4.78 is 79.8. The van der Waals surface area contributed by atoms with Crippen LogP contribution in [0.15, 0.2) is 35.2 Å². The van der Waals surface area contributed by atoms with Crippen molar-refractivity contribution >= 4 is 33.0 Å². The van der Waals surface area contributed by atoms with Crippen molar-refractivity contribution in [2.75, 3.05) is 0 Å². The molecule has 2 aromatic rings. The van der Waals surface area contributed by atoms with E-state index >= 15 is 0 Å². The van der Waals surface area contributed by atoms with Crippen LogP contribution in [0, 0.1) is 17.1 Å². The third-order valence-corrected chi connectivity index (χ3v) is 5.24. The number of alkyl halides is 3. The molecule has 0 amide bonds. The maximum atomic E-state index is 13.8. The number of sulfone groups is 1. The molecule has 0 atom stereocenters. The van der Waals surface area contributed by atoms with Gasteiger partial charge in [0.25, 0.3) is 9.84 Å². The standard InChI is InChI=1S/C14H5Cl2F4NO3S/c15-8-2-1-3-10(13(8)17)24-9-4-5-11(12(16)7(9)6-21)25(22,23)14(18,19)20/h1-5H. The van der Waals surface area contributed by atoms with Gasteiger partial charge in [-0.05, 0) is 24.3 Å². The monoisotopic (exact) mass is 413 g/mol. The van der Waals surface area contributed by atoms with Crippen molar-refractivity contribution in [3.63, 3.8) is 0 Å². The van der Waals surface area contributed by atoms with Crippen LogP contribution >= 0.6 is 23.2 Å². The zero-order valence-electron chi connectivity index (χ0n) is 11.7. The highest BCUT2D eigenvalue weighted by Gasteiger charge is 2.48. The fourth-order valence-electron chi connectivity index (χ4n) is 1.74. The molecule has 0 aromatic heterocycles. The maximum Gasteiger partial charge on any atom is 0.501 e.